The maximum Gasteiger partial charge on any atom is 0.243 e. The zero-order chi connectivity index (χ0) is 14.8. The van der Waals surface area contributed by atoms with Crippen molar-refractivity contribution in [1.29, 1.82) is 0 Å². The zero-order valence-corrected chi connectivity index (χ0v) is 11.6. The van der Waals surface area contributed by atoms with Crippen LogP contribution in [0.2, 0.25) is 0 Å². The Morgan fingerprint density at radius 3 is 2.80 bits per heavy atom. The molecule has 0 atom stereocenters. The number of nitrogens with zero attached hydrogens (tertiary/aromatic N) is 1. The summed E-state index contributed by atoms with van der Waals surface area (Å²) >= 11 is 0. The lowest BCUT2D eigenvalue weighted by molar-refractivity contribution is 0.451. The van der Waals surface area contributed by atoms with Crippen molar-refractivity contribution in [1.82, 2.24) is 9.71 Å². The standard InChI is InChI=1S/C12H14FN3O3S/c1-2-9-6-15-12(19-9)7-16-20(17,18)11-4-3-8(14)5-10(11)13/h3-6,16H,2,7,14H2,1H3. The highest BCUT2D eigenvalue weighted by molar-refractivity contribution is 7.89. The van der Waals surface area contributed by atoms with Crippen molar-refractivity contribution in [2.45, 2.75) is 24.8 Å². The Kier molecular flexibility index (Phi) is 4.05. The number of hydrogen-bond donors (Lipinski definition) is 2. The number of halogens is 1. The van der Waals surface area contributed by atoms with E-state index < -0.39 is 20.7 Å². The quantitative estimate of drug-likeness (QED) is 0.814. The molecule has 0 unspecified atom stereocenters. The SMILES string of the molecule is CCc1cnc(CNS(=O)(=O)c2ccc(N)cc2F)o1. The number of oxazole rings is 1. The molecule has 108 valence electrons. The molecule has 0 aliphatic heterocycles. The predicted octanol–water partition coefficient (Wildman–Crippen LogP) is 1.44. The molecule has 20 heavy (non-hydrogen) atoms. The van der Waals surface area contributed by atoms with E-state index in [0.29, 0.717) is 12.2 Å². The lowest BCUT2D eigenvalue weighted by Gasteiger charge is -2.06. The van der Waals surface area contributed by atoms with Crippen LogP contribution in [0.4, 0.5) is 10.1 Å². The minimum absolute atomic E-state index is 0.147. The molecule has 0 aliphatic carbocycles. The van der Waals surface area contributed by atoms with Crippen LogP contribution >= 0.6 is 0 Å². The van der Waals surface area contributed by atoms with Crippen molar-refractivity contribution >= 4 is 15.7 Å². The van der Waals surface area contributed by atoms with Gasteiger partial charge in [0.2, 0.25) is 15.9 Å². The molecule has 0 amide bonds. The van der Waals surface area contributed by atoms with Gasteiger partial charge in [0.15, 0.2) is 0 Å². The van der Waals surface area contributed by atoms with Gasteiger partial charge in [-0.05, 0) is 18.2 Å². The van der Waals surface area contributed by atoms with Crippen molar-refractivity contribution in [3.8, 4) is 0 Å². The van der Waals surface area contributed by atoms with E-state index in [9.17, 15) is 12.8 Å². The number of nitrogen functional groups attached to an aromatic ring is 1. The molecular formula is C12H14FN3O3S. The summed E-state index contributed by atoms with van der Waals surface area (Å²) in [6.45, 7) is 1.74. The van der Waals surface area contributed by atoms with Gasteiger partial charge in [0.25, 0.3) is 0 Å². The van der Waals surface area contributed by atoms with E-state index in [1.165, 1.54) is 12.3 Å². The fourth-order valence-corrected chi connectivity index (χ4v) is 2.59. The Bertz CT molecular complexity index is 712. The molecular weight excluding hydrogens is 285 g/mol. The highest BCUT2D eigenvalue weighted by Gasteiger charge is 2.19. The Morgan fingerprint density at radius 1 is 1.45 bits per heavy atom. The summed E-state index contributed by atoms with van der Waals surface area (Å²) in [7, 11) is -3.98. The molecule has 1 heterocycles. The van der Waals surface area contributed by atoms with Gasteiger partial charge in [0, 0.05) is 12.1 Å². The van der Waals surface area contributed by atoms with E-state index in [1.807, 2.05) is 6.92 Å². The Labute approximate surface area is 115 Å². The number of anilines is 1. The van der Waals surface area contributed by atoms with Gasteiger partial charge in [-0.3, -0.25) is 0 Å². The van der Waals surface area contributed by atoms with E-state index in [-0.39, 0.29) is 18.1 Å². The molecule has 0 fully saturated rings. The second kappa shape index (κ2) is 5.59. The summed E-state index contributed by atoms with van der Waals surface area (Å²) in [5.74, 6) is -0.0294. The largest absolute Gasteiger partial charge is 0.444 e. The van der Waals surface area contributed by atoms with E-state index in [0.717, 1.165) is 12.1 Å². The summed E-state index contributed by atoms with van der Waals surface area (Å²) in [6.07, 6.45) is 2.18. The van der Waals surface area contributed by atoms with Crippen LogP contribution in [-0.4, -0.2) is 13.4 Å². The molecule has 3 N–H and O–H groups in total. The number of aromatic nitrogens is 1. The fourth-order valence-electron chi connectivity index (χ4n) is 1.56. The highest BCUT2D eigenvalue weighted by atomic mass is 32.2. The molecule has 0 saturated heterocycles. The lowest BCUT2D eigenvalue weighted by atomic mass is 10.3. The third-order valence-corrected chi connectivity index (χ3v) is 4.04. The van der Waals surface area contributed by atoms with Gasteiger partial charge >= 0.3 is 0 Å². The maximum atomic E-state index is 13.6. The van der Waals surface area contributed by atoms with Crippen LogP contribution in [0.5, 0.6) is 0 Å². The van der Waals surface area contributed by atoms with Gasteiger partial charge in [-0.25, -0.2) is 22.5 Å². The molecule has 8 heteroatoms. The van der Waals surface area contributed by atoms with Crippen LogP contribution in [0, 0.1) is 5.82 Å². The third kappa shape index (κ3) is 3.14. The summed E-state index contributed by atoms with van der Waals surface area (Å²) in [6, 6.07) is 3.38. The van der Waals surface area contributed by atoms with Crippen LogP contribution in [0.25, 0.3) is 0 Å². The first-order valence-corrected chi connectivity index (χ1v) is 7.39. The van der Waals surface area contributed by atoms with Gasteiger partial charge in [0.05, 0.1) is 12.7 Å². The summed E-state index contributed by atoms with van der Waals surface area (Å²) in [5, 5.41) is 0. The van der Waals surface area contributed by atoms with E-state index in [1.54, 1.807) is 0 Å². The molecule has 0 saturated carbocycles. The number of hydrogen-bond acceptors (Lipinski definition) is 5. The normalized spacial score (nSPS) is 11.7. The number of benzene rings is 1. The highest BCUT2D eigenvalue weighted by Crippen LogP contribution is 2.17. The van der Waals surface area contributed by atoms with Crippen molar-refractivity contribution in [3.05, 3.63) is 41.9 Å². The molecule has 2 aromatic rings. The molecule has 1 aromatic heterocycles. The number of rotatable bonds is 5. The fraction of sp³-hybridized carbons (Fsp3) is 0.250. The second-order valence-corrected chi connectivity index (χ2v) is 5.82. The number of sulfonamides is 1. The van der Waals surface area contributed by atoms with Gasteiger partial charge < -0.3 is 10.2 Å². The van der Waals surface area contributed by atoms with Crippen LogP contribution in [-0.2, 0) is 23.0 Å². The Hall–Kier alpha value is -1.93. The summed E-state index contributed by atoms with van der Waals surface area (Å²) in [4.78, 5) is 3.45. The van der Waals surface area contributed by atoms with Crippen LogP contribution in [0.1, 0.15) is 18.6 Å². The first-order valence-electron chi connectivity index (χ1n) is 5.90. The van der Waals surface area contributed by atoms with Crippen LogP contribution in [0.15, 0.2) is 33.7 Å². The van der Waals surface area contributed by atoms with Crippen molar-refractivity contribution in [2.75, 3.05) is 5.73 Å². The van der Waals surface area contributed by atoms with Crippen molar-refractivity contribution in [3.63, 3.8) is 0 Å². The molecule has 0 radical (unpaired) electrons. The van der Waals surface area contributed by atoms with Gasteiger partial charge in [-0.2, -0.15) is 0 Å². The van der Waals surface area contributed by atoms with E-state index >= 15 is 0 Å². The van der Waals surface area contributed by atoms with Crippen molar-refractivity contribution in [2.24, 2.45) is 0 Å². The first-order chi connectivity index (χ1) is 9.42. The monoisotopic (exact) mass is 299 g/mol. The molecule has 2 rings (SSSR count). The van der Waals surface area contributed by atoms with E-state index in [2.05, 4.69) is 9.71 Å². The van der Waals surface area contributed by atoms with Crippen LogP contribution < -0.4 is 10.5 Å². The Morgan fingerprint density at radius 2 is 2.20 bits per heavy atom. The second-order valence-electron chi connectivity index (χ2n) is 4.09. The topological polar surface area (TPSA) is 98.2 Å². The molecule has 6 nitrogen and oxygen atoms in total. The molecule has 0 aliphatic rings. The first kappa shape index (κ1) is 14.5. The minimum Gasteiger partial charge on any atom is -0.444 e. The number of aryl methyl sites for hydroxylation is 1. The zero-order valence-electron chi connectivity index (χ0n) is 10.8. The average Bonchev–Trinajstić information content (AvgIpc) is 2.84. The van der Waals surface area contributed by atoms with Gasteiger partial charge in [-0.15, -0.1) is 0 Å². The lowest BCUT2D eigenvalue weighted by Crippen LogP contribution is -2.24. The van der Waals surface area contributed by atoms with Crippen molar-refractivity contribution < 1.29 is 17.2 Å². The van der Waals surface area contributed by atoms with Gasteiger partial charge in [-0.1, -0.05) is 6.92 Å². The van der Waals surface area contributed by atoms with Gasteiger partial charge in [0.1, 0.15) is 16.5 Å². The smallest absolute Gasteiger partial charge is 0.243 e. The number of nitrogens with one attached hydrogen (secondary N) is 1. The molecule has 0 bridgehead atoms. The molecule has 1 aromatic carbocycles. The van der Waals surface area contributed by atoms with Crippen LogP contribution in [0.3, 0.4) is 0 Å². The summed E-state index contributed by atoms with van der Waals surface area (Å²) in [5.41, 5.74) is 5.53. The summed E-state index contributed by atoms with van der Waals surface area (Å²) < 4.78 is 45.0. The number of nitrogens with two attached hydrogens (primary N) is 1. The minimum atomic E-state index is -3.98. The average molecular weight is 299 g/mol. The maximum absolute atomic E-state index is 13.6. The third-order valence-electron chi connectivity index (χ3n) is 2.61. The predicted molar refractivity (Wildman–Crippen MR) is 70.7 cm³/mol. The van der Waals surface area contributed by atoms with E-state index in [4.69, 9.17) is 10.2 Å². The Balaban J connectivity index is 2.14. The molecule has 0 spiro atoms.